The van der Waals surface area contributed by atoms with Crippen LogP contribution in [-0.4, -0.2) is 38.2 Å². The van der Waals surface area contributed by atoms with Gasteiger partial charge < -0.3 is 19.7 Å². The lowest BCUT2D eigenvalue weighted by Gasteiger charge is -2.18. The lowest BCUT2D eigenvalue weighted by molar-refractivity contribution is 0.207. The summed E-state index contributed by atoms with van der Waals surface area (Å²) in [6.07, 6.45) is 0. The van der Waals surface area contributed by atoms with E-state index in [1.54, 1.807) is 38.4 Å². The zero-order chi connectivity index (χ0) is 17.5. The van der Waals surface area contributed by atoms with Crippen molar-refractivity contribution in [1.82, 2.24) is 4.90 Å². The van der Waals surface area contributed by atoms with Crippen molar-refractivity contribution in [2.45, 2.75) is 0 Å². The minimum atomic E-state index is -0.828. The number of carbonyl (C=O) groups excluding carboxylic acids is 1. The number of benzene rings is 2. The molecule has 128 valence electrons. The number of nitrogens with zero attached hydrogens (tertiary/aromatic N) is 1. The molecule has 0 atom stereocenters. The lowest BCUT2D eigenvalue weighted by Crippen LogP contribution is -2.34. The zero-order valence-electron chi connectivity index (χ0n) is 13.4. The number of nitrogens with one attached hydrogen (secondary N) is 1. The molecule has 0 radical (unpaired) electrons. The van der Waals surface area contributed by atoms with Crippen LogP contribution < -0.4 is 14.8 Å². The average molecular weight is 336 g/mol. The van der Waals surface area contributed by atoms with Gasteiger partial charge in [0.25, 0.3) is 0 Å². The summed E-state index contributed by atoms with van der Waals surface area (Å²) in [5.74, 6) is -0.160. The number of hydrogen-bond donors (Lipinski definition) is 1. The highest BCUT2D eigenvalue weighted by Gasteiger charge is 2.12. The molecule has 24 heavy (non-hydrogen) atoms. The summed E-state index contributed by atoms with van der Waals surface area (Å²) < 4.78 is 36.9. The van der Waals surface area contributed by atoms with Gasteiger partial charge in [-0.3, -0.25) is 0 Å². The fraction of sp³-hybridized carbons (Fsp3) is 0.235. The quantitative estimate of drug-likeness (QED) is 0.878. The molecule has 2 rings (SSSR count). The van der Waals surface area contributed by atoms with Crippen LogP contribution in [0.2, 0.25) is 0 Å². The summed E-state index contributed by atoms with van der Waals surface area (Å²) in [5.41, 5.74) is -0.0793. The molecule has 2 aromatic rings. The van der Waals surface area contributed by atoms with E-state index in [9.17, 15) is 13.6 Å². The van der Waals surface area contributed by atoms with Crippen LogP contribution in [0.5, 0.6) is 11.5 Å². The third kappa shape index (κ3) is 4.84. The minimum absolute atomic E-state index is 0.0793. The molecule has 0 saturated carbocycles. The Morgan fingerprint density at radius 3 is 2.42 bits per heavy atom. The molecule has 1 N–H and O–H groups in total. The van der Waals surface area contributed by atoms with Crippen molar-refractivity contribution in [2.75, 3.05) is 32.6 Å². The van der Waals surface area contributed by atoms with Crippen molar-refractivity contribution in [3.05, 3.63) is 54.1 Å². The van der Waals surface area contributed by atoms with Gasteiger partial charge in [0.2, 0.25) is 0 Å². The Bertz CT molecular complexity index is 693. The van der Waals surface area contributed by atoms with Gasteiger partial charge in [0, 0.05) is 13.1 Å². The molecular formula is C17H18F2N2O3. The molecule has 0 aromatic heterocycles. The second-order valence-electron chi connectivity index (χ2n) is 5.00. The van der Waals surface area contributed by atoms with Gasteiger partial charge in [-0.25, -0.2) is 13.6 Å². The van der Waals surface area contributed by atoms with Gasteiger partial charge in [0.05, 0.1) is 19.3 Å². The Balaban J connectivity index is 1.80. The number of amides is 2. The first-order chi connectivity index (χ1) is 11.5. The van der Waals surface area contributed by atoms with Crippen molar-refractivity contribution in [1.29, 1.82) is 0 Å². The molecule has 0 aliphatic rings. The summed E-state index contributed by atoms with van der Waals surface area (Å²) in [5, 5.41) is 2.37. The van der Waals surface area contributed by atoms with E-state index in [1.807, 2.05) is 0 Å². The fourth-order valence-electron chi connectivity index (χ4n) is 1.88. The second kappa shape index (κ2) is 8.14. The van der Waals surface area contributed by atoms with E-state index in [4.69, 9.17) is 9.47 Å². The van der Waals surface area contributed by atoms with E-state index in [-0.39, 0.29) is 12.3 Å². The Hall–Kier alpha value is -2.83. The monoisotopic (exact) mass is 336 g/mol. The maximum atomic E-state index is 13.5. The van der Waals surface area contributed by atoms with E-state index in [0.717, 1.165) is 11.8 Å². The van der Waals surface area contributed by atoms with Crippen LogP contribution in [0.3, 0.4) is 0 Å². The van der Waals surface area contributed by atoms with Crippen molar-refractivity contribution in [3.63, 3.8) is 0 Å². The number of hydrogen-bond acceptors (Lipinski definition) is 3. The molecule has 0 heterocycles. The number of carbonyl (C=O) groups is 1. The van der Waals surface area contributed by atoms with Crippen LogP contribution in [0.1, 0.15) is 0 Å². The van der Waals surface area contributed by atoms with Gasteiger partial charge in [-0.15, -0.1) is 0 Å². The van der Waals surface area contributed by atoms with Gasteiger partial charge in [0.15, 0.2) is 0 Å². The number of urea groups is 1. The Morgan fingerprint density at radius 2 is 1.79 bits per heavy atom. The predicted molar refractivity (Wildman–Crippen MR) is 86.5 cm³/mol. The molecule has 0 aliphatic carbocycles. The van der Waals surface area contributed by atoms with Gasteiger partial charge in [-0.05, 0) is 36.4 Å². The van der Waals surface area contributed by atoms with Crippen molar-refractivity contribution < 1.29 is 23.0 Å². The summed E-state index contributed by atoms with van der Waals surface area (Å²) in [4.78, 5) is 13.3. The molecule has 2 amide bonds. The number of rotatable bonds is 6. The number of ether oxygens (including phenoxy) is 2. The molecule has 0 aliphatic heterocycles. The van der Waals surface area contributed by atoms with Crippen LogP contribution in [0.25, 0.3) is 0 Å². The number of halogens is 2. The smallest absolute Gasteiger partial charge is 0.321 e. The first-order valence-electron chi connectivity index (χ1n) is 7.23. The number of likely N-dealkylation sites (N-methyl/N-ethyl adjacent to an activating group) is 1. The van der Waals surface area contributed by atoms with Crippen molar-refractivity contribution >= 4 is 11.7 Å². The molecule has 2 aromatic carbocycles. The molecule has 7 heteroatoms. The largest absolute Gasteiger partial charge is 0.497 e. The van der Waals surface area contributed by atoms with E-state index < -0.39 is 17.7 Å². The van der Waals surface area contributed by atoms with Crippen LogP contribution >= 0.6 is 0 Å². The van der Waals surface area contributed by atoms with Crippen LogP contribution in [0.15, 0.2) is 42.5 Å². The normalized spacial score (nSPS) is 10.2. The number of methoxy groups -OCH3 is 1. The lowest BCUT2D eigenvalue weighted by atomic mass is 10.3. The predicted octanol–water partition coefficient (Wildman–Crippen LogP) is 3.52. The molecule has 0 unspecified atom stereocenters. The van der Waals surface area contributed by atoms with Gasteiger partial charge >= 0.3 is 6.03 Å². The van der Waals surface area contributed by atoms with Crippen LogP contribution in [-0.2, 0) is 0 Å². The Kier molecular flexibility index (Phi) is 5.95. The van der Waals surface area contributed by atoms with Crippen molar-refractivity contribution in [2.24, 2.45) is 0 Å². The zero-order valence-corrected chi connectivity index (χ0v) is 13.4. The number of anilines is 1. The topological polar surface area (TPSA) is 50.8 Å². The molecule has 5 nitrogen and oxygen atoms in total. The van der Waals surface area contributed by atoms with Gasteiger partial charge in [-0.2, -0.15) is 0 Å². The van der Waals surface area contributed by atoms with Gasteiger partial charge in [-0.1, -0.05) is 0 Å². The third-order valence-electron chi connectivity index (χ3n) is 3.27. The van der Waals surface area contributed by atoms with Crippen molar-refractivity contribution in [3.8, 4) is 11.5 Å². The molecule has 0 fully saturated rings. The average Bonchev–Trinajstić information content (AvgIpc) is 2.57. The van der Waals surface area contributed by atoms with Crippen LogP contribution in [0.4, 0.5) is 19.3 Å². The Labute approximate surface area is 138 Å². The first-order valence-corrected chi connectivity index (χ1v) is 7.23. The maximum Gasteiger partial charge on any atom is 0.321 e. The Morgan fingerprint density at radius 1 is 1.12 bits per heavy atom. The SMILES string of the molecule is COc1ccc(OCCN(C)C(=O)Nc2ccc(F)cc2F)cc1. The summed E-state index contributed by atoms with van der Waals surface area (Å²) in [7, 11) is 3.13. The highest BCUT2D eigenvalue weighted by atomic mass is 19.1. The van der Waals surface area contributed by atoms with E-state index >= 15 is 0 Å². The molecule has 0 saturated heterocycles. The molecule has 0 spiro atoms. The maximum absolute atomic E-state index is 13.5. The van der Waals surface area contributed by atoms with E-state index in [0.29, 0.717) is 18.4 Å². The van der Waals surface area contributed by atoms with E-state index in [2.05, 4.69) is 5.32 Å². The summed E-state index contributed by atoms with van der Waals surface area (Å²) >= 11 is 0. The highest BCUT2D eigenvalue weighted by Crippen LogP contribution is 2.17. The first kappa shape index (κ1) is 17.5. The fourth-order valence-corrected chi connectivity index (χ4v) is 1.88. The highest BCUT2D eigenvalue weighted by molar-refractivity contribution is 5.89. The third-order valence-corrected chi connectivity index (χ3v) is 3.27. The molecular weight excluding hydrogens is 318 g/mol. The minimum Gasteiger partial charge on any atom is -0.497 e. The second-order valence-corrected chi connectivity index (χ2v) is 5.00. The standard InChI is InChI=1S/C17H18F2N2O3/c1-21(9-10-24-14-6-4-13(23-2)5-7-14)17(22)20-16-8-3-12(18)11-15(16)19/h3-8,11H,9-10H2,1-2H3,(H,20,22). The molecule has 0 bridgehead atoms. The van der Waals surface area contributed by atoms with Gasteiger partial charge in [0.1, 0.15) is 29.7 Å². The van der Waals surface area contributed by atoms with Crippen LogP contribution in [0, 0.1) is 11.6 Å². The van der Waals surface area contributed by atoms with E-state index in [1.165, 1.54) is 11.0 Å². The summed E-state index contributed by atoms with van der Waals surface area (Å²) in [6, 6.07) is 9.49. The summed E-state index contributed by atoms with van der Waals surface area (Å²) in [6.45, 7) is 0.558.